The summed E-state index contributed by atoms with van der Waals surface area (Å²) in [5.41, 5.74) is 2.63. The maximum absolute atomic E-state index is 13.8. The van der Waals surface area contributed by atoms with Gasteiger partial charge >= 0.3 is 0 Å². The second-order valence-electron chi connectivity index (χ2n) is 5.65. The van der Waals surface area contributed by atoms with E-state index in [1.807, 2.05) is 31.2 Å². The zero-order valence-electron chi connectivity index (χ0n) is 13.4. The Morgan fingerprint density at radius 3 is 2.58 bits per heavy atom. The Hall–Kier alpha value is -2.95. The summed E-state index contributed by atoms with van der Waals surface area (Å²) in [6.07, 6.45) is 1.37. The van der Waals surface area contributed by atoms with Crippen LogP contribution in [0.25, 0.3) is 11.3 Å². The van der Waals surface area contributed by atoms with E-state index in [1.165, 1.54) is 12.3 Å². The Kier molecular flexibility index (Phi) is 4.42. The number of carbonyl (C=O) groups excluding carboxylic acids is 1. The number of nitrogens with one attached hydrogen (secondary N) is 1. The van der Waals surface area contributed by atoms with Crippen molar-refractivity contribution in [3.05, 3.63) is 77.2 Å². The fourth-order valence-electron chi connectivity index (χ4n) is 2.49. The average molecular weight is 324 g/mol. The van der Waals surface area contributed by atoms with Crippen molar-refractivity contribution in [2.45, 2.75) is 19.9 Å². The predicted molar refractivity (Wildman–Crippen MR) is 89.0 cm³/mol. The van der Waals surface area contributed by atoms with E-state index in [4.69, 9.17) is 4.52 Å². The van der Waals surface area contributed by atoms with Gasteiger partial charge in [-0.05, 0) is 19.9 Å². The topological polar surface area (TPSA) is 55.1 Å². The molecule has 0 bridgehead atoms. The number of rotatable bonds is 4. The molecule has 24 heavy (non-hydrogen) atoms. The first-order valence-corrected chi connectivity index (χ1v) is 7.63. The largest absolute Gasteiger partial charge is 0.355 e. The second-order valence-corrected chi connectivity index (χ2v) is 5.65. The van der Waals surface area contributed by atoms with Crippen LogP contribution in [0.5, 0.6) is 0 Å². The van der Waals surface area contributed by atoms with Gasteiger partial charge in [0.2, 0.25) is 0 Å². The van der Waals surface area contributed by atoms with Crippen LogP contribution in [-0.4, -0.2) is 11.1 Å². The molecule has 3 aromatic rings. The summed E-state index contributed by atoms with van der Waals surface area (Å²) in [7, 11) is 0. The molecule has 0 radical (unpaired) electrons. The smallest absolute Gasteiger partial charge is 0.257 e. The lowest BCUT2D eigenvalue weighted by atomic mass is 10.1. The van der Waals surface area contributed by atoms with Crippen molar-refractivity contribution in [3.63, 3.8) is 0 Å². The lowest BCUT2D eigenvalue weighted by Crippen LogP contribution is -2.27. The summed E-state index contributed by atoms with van der Waals surface area (Å²) in [6, 6.07) is 13.5. The van der Waals surface area contributed by atoms with Crippen molar-refractivity contribution in [2.24, 2.45) is 0 Å². The highest BCUT2D eigenvalue weighted by Crippen LogP contribution is 2.25. The number of benzene rings is 2. The van der Waals surface area contributed by atoms with Gasteiger partial charge in [0.1, 0.15) is 11.4 Å². The molecule has 1 N–H and O–H groups in total. The van der Waals surface area contributed by atoms with E-state index in [2.05, 4.69) is 10.5 Å². The van der Waals surface area contributed by atoms with Gasteiger partial charge in [0.15, 0.2) is 5.76 Å². The van der Waals surface area contributed by atoms with Gasteiger partial charge in [0.25, 0.3) is 5.91 Å². The summed E-state index contributed by atoms with van der Waals surface area (Å²) < 4.78 is 19.1. The molecule has 0 aliphatic rings. The fraction of sp³-hybridized carbons (Fsp3) is 0.158. The van der Waals surface area contributed by atoms with Crippen LogP contribution >= 0.6 is 0 Å². The molecule has 0 spiro atoms. The van der Waals surface area contributed by atoms with Gasteiger partial charge in [0, 0.05) is 11.1 Å². The van der Waals surface area contributed by atoms with Crippen molar-refractivity contribution < 1.29 is 13.7 Å². The average Bonchev–Trinajstić information content (AvgIpc) is 3.05. The van der Waals surface area contributed by atoms with Crippen LogP contribution in [0.1, 0.15) is 34.5 Å². The van der Waals surface area contributed by atoms with Crippen LogP contribution in [0, 0.1) is 12.7 Å². The Balaban J connectivity index is 1.83. The Labute approximate surface area is 139 Å². The molecular formula is C19H17FN2O2. The van der Waals surface area contributed by atoms with Gasteiger partial charge < -0.3 is 9.84 Å². The van der Waals surface area contributed by atoms with Gasteiger partial charge in [-0.25, -0.2) is 4.39 Å². The van der Waals surface area contributed by atoms with Crippen molar-refractivity contribution in [3.8, 4) is 11.3 Å². The van der Waals surface area contributed by atoms with Crippen LogP contribution in [0.3, 0.4) is 0 Å². The van der Waals surface area contributed by atoms with E-state index in [9.17, 15) is 9.18 Å². The quantitative estimate of drug-likeness (QED) is 0.779. The van der Waals surface area contributed by atoms with Crippen LogP contribution in [0.15, 0.2) is 59.3 Å². The molecule has 0 fully saturated rings. The molecular weight excluding hydrogens is 307 g/mol. The van der Waals surface area contributed by atoms with Gasteiger partial charge in [-0.3, -0.25) is 4.79 Å². The van der Waals surface area contributed by atoms with Gasteiger partial charge in [-0.1, -0.05) is 53.2 Å². The molecule has 1 aromatic heterocycles. The van der Waals surface area contributed by atoms with E-state index in [1.54, 1.807) is 25.1 Å². The minimum atomic E-state index is -0.473. The summed E-state index contributed by atoms with van der Waals surface area (Å²) in [4.78, 5) is 12.5. The summed E-state index contributed by atoms with van der Waals surface area (Å²) in [5, 5.41) is 6.51. The third kappa shape index (κ3) is 3.20. The molecule has 0 saturated carbocycles. The first kappa shape index (κ1) is 15.9. The number of hydrogen-bond acceptors (Lipinski definition) is 3. The number of aromatic nitrogens is 1. The molecule has 1 atom stereocenters. The molecule has 122 valence electrons. The van der Waals surface area contributed by atoms with Crippen molar-refractivity contribution in [2.75, 3.05) is 0 Å². The monoisotopic (exact) mass is 324 g/mol. The van der Waals surface area contributed by atoms with Crippen LogP contribution in [0.2, 0.25) is 0 Å². The maximum Gasteiger partial charge on any atom is 0.257 e. The van der Waals surface area contributed by atoms with Crippen LogP contribution in [0.4, 0.5) is 4.39 Å². The minimum Gasteiger partial charge on any atom is -0.355 e. The zero-order valence-corrected chi connectivity index (χ0v) is 13.4. The first-order valence-electron chi connectivity index (χ1n) is 7.63. The highest BCUT2D eigenvalue weighted by Gasteiger charge is 2.20. The minimum absolute atomic E-state index is 0.321. The molecule has 0 aliphatic carbocycles. The number of nitrogens with zero attached hydrogens (tertiary/aromatic N) is 1. The van der Waals surface area contributed by atoms with E-state index < -0.39 is 6.04 Å². The molecule has 3 rings (SSSR count). The second kappa shape index (κ2) is 6.66. The highest BCUT2D eigenvalue weighted by atomic mass is 19.1. The van der Waals surface area contributed by atoms with Crippen LogP contribution in [-0.2, 0) is 0 Å². The highest BCUT2D eigenvalue weighted by molar-refractivity contribution is 5.99. The molecule has 5 heteroatoms. The molecule has 4 nitrogen and oxygen atoms in total. The van der Waals surface area contributed by atoms with Crippen LogP contribution < -0.4 is 5.32 Å². The Morgan fingerprint density at radius 2 is 1.88 bits per heavy atom. The third-order valence-electron chi connectivity index (χ3n) is 3.85. The van der Waals surface area contributed by atoms with E-state index >= 15 is 0 Å². The molecule has 0 saturated heterocycles. The molecule has 0 unspecified atom stereocenters. The molecule has 2 aromatic carbocycles. The maximum atomic E-state index is 13.8. The van der Waals surface area contributed by atoms with Gasteiger partial charge in [-0.15, -0.1) is 0 Å². The summed E-state index contributed by atoms with van der Waals surface area (Å²) >= 11 is 0. The number of carbonyl (C=O) groups is 1. The zero-order chi connectivity index (χ0) is 17.1. The Bertz CT molecular complexity index is 856. The number of aryl methyl sites for hydroxylation is 1. The van der Waals surface area contributed by atoms with E-state index in [-0.39, 0.29) is 11.7 Å². The van der Waals surface area contributed by atoms with Gasteiger partial charge in [0.05, 0.1) is 12.2 Å². The number of halogens is 1. The van der Waals surface area contributed by atoms with Crippen molar-refractivity contribution in [1.82, 2.24) is 10.5 Å². The van der Waals surface area contributed by atoms with Crippen molar-refractivity contribution >= 4 is 5.91 Å². The SMILES string of the molecule is Cc1ccc(-c2oncc2C(=O)N[C@@H](C)c2ccccc2F)cc1. The Morgan fingerprint density at radius 1 is 1.17 bits per heavy atom. The molecule has 1 amide bonds. The fourth-order valence-corrected chi connectivity index (χ4v) is 2.49. The van der Waals surface area contributed by atoms with E-state index in [0.29, 0.717) is 16.9 Å². The first-order chi connectivity index (χ1) is 11.6. The number of hydrogen-bond donors (Lipinski definition) is 1. The third-order valence-corrected chi connectivity index (χ3v) is 3.85. The predicted octanol–water partition coefficient (Wildman–Crippen LogP) is 4.28. The van der Waals surface area contributed by atoms with E-state index in [0.717, 1.165) is 11.1 Å². The van der Waals surface area contributed by atoms with Crippen molar-refractivity contribution in [1.29, 1.82) is 0 Å². The lowest BCUT2D eigenvalue weighted by Gasteiger charge is -2.14. The lowest BCUT2D eigenvalue weighted by molar-refractivity contribution is 0.0939. The number of amides is 1. The summed E-state index contributed by atoms with van der Waals surface area (Å²) in [5.74, 6) is -0.315. The molecule has 0 aliphatic heterocycles. The normalized spacial score (nSPS) is 12.0. The standard InChI is InChI=1S/C19H17FN2O2/c1-12-7-9-14(10-8-12)18-16(11-21-24-18)19(23)22-13(2)15-5-3-4-6-17(15)20/h3-11,13H,1-2H3,(H,22,23)/t13-/m0/s1. The van der Waals surface area contributed by atoms with Gasteiger partial charge in [-0.2, -0.15) is 0 Å². The summed E-state index contributed by atoms with van der Waals surface area (Å²) in [6.45, 7) is 3.71. The molecule has 1 heterocycles.